The molecule has 1 aromatic carbocycles. The monoisotopic (exact) mass is 284 g/mol. The summed E-state index contributed by atoms with van der Waals surface area (Å²) in [6, 6.07) is 5.13. The van der Waals surface area contributed by atoms with E-state index in [4.69, 9.17) is 5.26 Å². The summed E-state index contributed by atoms with van der Waals surface area (Å²) >= 11 is 0. The van der Waals surface area contributed by atoms with Gasteiger partial charge >= 0.3 is 6.18 Å². The van der Waals surface area contributed by atoms with Gasteiger partial charge in [0.05, 0.1) is 29.8 Å². The molecule has 0 spiro atoms. The van der Waals surface area contributed by atoms with Gasteiger partial charge in [0.1, 0.15) is 0 Å². The molecule has 0 aliphatic carbocycles. The van der Waals surface area contributed by atoms with E-state index in [1.165, 1.54) is 12.1 Å². The quantitative estimate of drug-likeness (QED) is 0.908. The zero-order valence-electron chi connectivity index (χ0n) is 10.8. The fourth-order valence-corrected chi connectivity index (χ4v) is 2.57. The molecule has 1 fully saturated rings. The van der Waals surface area contributed by atoms with Crippen molar-refractivity contribution in [1.29, 1.82) is 5.26 Å². The van der Waals surface area contributed by atoms with E-state index >= 15 is 0 Å². The van der Waals surface area contributed by atoms with Gasteiger partial charge in [-0.2, -0.15) is 18.4 Å². The van der Waals surface area contributed by atoms with Crippen molar-refractivity contribution in [3.63, 3.8) is 0 Å². The maximum absolute atomic E-state index is 12.9. The van der Waals surface area contributed by atoms with E-state index < -0.39 is 11.7 Å². The van der Waals surface area contributed by atoms with Crippen LogP contribution in [0.5, 0.6) is 0 Å². The highest BCUT2D eigenvalue weighted by Gasteiger charge is 2.34. The van der Waals surface area contributed by atoms with Crippen LogP contribution < -0.4 is 4.90 Å². The van der Waals surface area contributed by atoms with Gasteiger partial charge in [-0.05, 0) is 37.5 Å². The third kappa shape index (κ3) is 2.88. The normalized spacial score (nSPS) is 19.8. The molecule has 1 aromatic rings. The summed E-state index contributed by atoms with van der Waals surface area (Å²) in [5.41, 5.74) is -0.881. The highest BCUT2D eigenvalue weighted by molar-refractivity contribution is 5.55. The number of hydrogen-bond donors (Lipinski definition) is 1. The molecule has 0 saturated carbocycles. The Labute approximate surface area is 115 Å². The van der Waals surface area contributed by atoms with Gasteiger partial charge in [-0.15, -0.1) is 0 Å². The first-order chi connectivity index (χ1) is 9.47. The molecule has 0 radical (unpaired) electrons. The van der Waals surface area contributed by atoms with E-state index in [0.717, 1.165) is 25.3 Å². The summed E-state index contributed by atoms with van der Waals surface area (Å²) in [5, 5.41) is 18.1. The predicted molar refractivity (Wildman–Crippen MR) is 68.2 cm³/mol. The average molecular weight is 284 g/mol. The minimum atomic E-state index is -4.55. The fraction of sp³-hybridized carbons (Fsp3) is 0.500. The average Bonchev–Trinajstić information content (AvgIpc) is 2.45. The Morgan fingerprint density at radius 3 is 2.70 bits per heavy atom. The highest BCUT2D eigenvalue weighted by Crippen LogP contribution is 2.35. The number of alkyl halides is 3. The molecule has 0 unspecified atom stereocenters. The van der Waals surface area contributed by atoms with E-state index in [9.17, 15) is 18.3 Å². The maximum Gasteiger partial charge on any atom is 0.417 e. The molecule has 108 valence electrons. The molecule has 0 amide bonds. The molecule has 1 N–H and O–H groups in total. The lowest BCUT2D eigenvalue weighted by Crippen LogP contribution is -2.42. The van der Waals surface area contributed by atoms with Gasteiger partial charge < -0.3 is 10.0 Å². The van der Waals surface area contributed by atoms with Gasteiger partial charge in [-0.3, -0.25) is 0 Å². The van der Waals surface area contributed by atoms with Crippen LogP contribution in [0.4, 0.5) is 18.9 Å². The number of halogens is 3. The molecule has 1 aliphatic heterocycles. The van der Waals surface area contributed by atoms with Gasteiger partial charge in [0.2, 0.25) is 0 Å². The van der Waals surface area contributed by atoms with Crippen molar-refractivity contribution >= 4 is 5.69 Å². The Kier molecular flexibility index (Phi) is 4.19. The third-order valence-corrected chi connectivity index (χ3v) is 3.60. The largest absolute Gasteiger partial charge is 0.417 e. The molecular weight excluding hydrogens is 269 g/mol. The van der Waals surface area contributed by atoms with Crippen molar-refractivity contribution in [1.82, 2.24) is 0 Å². The molecule has 1 heterocycles. The van der Waals surface area contributed by atoms with Crippen LogP contribution in [-0.2, 0) is 6.18 Å². The first-order valence-corrected chi connectivity index (χ1v) is 6.46. The van der Waals surface area contributed by atoms with Crippen LogP contribution in [0.15, 0.2) is 18.2 Å². The number of nitriles is 1. The molecule has 6 heteroatoms. The minimum Gasteiger partial charge on any atom is -0.394 e. The van der Waals surface area contributed by atoms with Crippen LogP contribution in [0.25, 0.3) is 0 Å². The van der Waals surface area contributed by atoms with Crippen LogP contribution in [-0.4, -0.2) is 24.3 Å². The number of rotatable bonds is 2. The SMILES string of the molecule is N#Cc1ccc(N2CCCC[C@@H]2CO)cc1C(F)(F)F. The van der Waals surface area contributed by atoms with Crippen molar-refractivity contribution in [3.05, 3.63) is 29.3 Å². The van der Waals surface area contributed by atoms with Gasteiger partial charge in [0.15, 0.2) is 0 Å². The second-order valence-corrected chi connectivity index (χ2v) is 4.87. The topological polar surface area (TPSA) is 47.3 Å². The molecular formula is C14H15F3N2O. The molecule has 2 rings (SSSR count). The molecule has 1 saturated heterocycles. The summed E-state index contributed by atoms with van der Waals surface area (Å²) in [5.74, 6) is 0. The second-order valence-electron chi connectivity index (χ2n) is 4.87. The van der Waals surface area contributed by atoms with E-state index in [-0.39, 0.29) is 18.2 Å². The molecule has 20 heavy (non-hydrogen) atoms. The van der Waals surface area contributed by atoms with Crippen LogP contribution in [0.2, 0.25) is 0 Å². The summed E-state index contributed by atoms with van der Waals surface area (Å²) in [6.07, 6.45) is -1.94. The number of nitrogens with zero attached hydrogens (tertiary/aromatic N) is 2. The van der Waals surface area contributed by atoms with Crippen molar-refractivity contribution < 1.29 is 18.3 Å². The number of benzene rings is 1. The first-order valence-electron chi connectivity index (χ1n) is 6.46. The number of aliphatic hydroxyl groups excluding tert-OH is 1. The maximum atomic E-state index is 12.9. The lowest BCUT2D eigenvalue weighted by Gasteiger charge is -2.36. The lowest BCUT2D eigenvalue weighted by molar-refractivity contribution is -0.137. The number of piperidine rings is 1. The zero-order valence-corrected chi connectivity index (χ0v) is 10.8. The van der Waals surface area contributed by atoms with Gasteiger partial charge in [-0.25, -0.2) is 0 Å². The van der Waals surface area contributed by atoms with E-state index in [2.05, 4.69) is 0 Å². The Morgan fingerprint density at radius 1 is 1.35 bits per heavy atom. The van der Waals surface area contributed by atoms with Crippen LogP contribution in [0.1, 0.15) is 30.4 Å². The summed E-state index contributed by atoms with van der Waals surface area (Å²) in [6.45, 7) is 0.537. The van der Waals surface area contributed by atoms with Gasteiger partial charge in [0.25, 0.3) is 0 Å². The molecule has 0 aromatic heterocycles. The predicted octanol–water partition coefficient (Wildman–Crippen LogP) is 2.93. The minimum absolute atomic E-state index is 0.0820. The number of aliphatic hydroxyl groups is 1. The fourth-order valence-electron chi connectivity index (χ4n) is 2.57. The van der Waals surface area contributed by atoms with Crippen molar-refractivity contribution in [2.45, 2.75) is 31.5 Å². The summed E-state index contributed by atoms with van der Waals surface area (Å²) in [7, 11) is 0. The third-order valence-electron chi connectivity index (χ3n) is 3.60. The van der Waals surface area contributed by atoms with E-state index in [0.29, 0.717) is 12.2 Å². The first kappa shape index (κ1) is 14.7. The molecule has 0 bridgehead atoms. The number of hydrogen-bond acceptors (Lipinski definition) is 3. The second kappa shape index (κ2) is 5.71. The smallest absolute Gasteiger partial charge is 0.394 e. The lowest BCUT2D eigenvalue weighted by atomic mass is 10.00. The van der Waals surface area contributed by atoms with Crippen LogP contribution in [0, 0.1) is 11.3 Å². The van der Waals surface area contributed by atoms with Crippen LogP contribution in [0.3, 0.4) is 0 Å². The van der Waals surface area contributed by atoms with Gasteiger partial charge in [0, 0.05) is 12.2 Å². The zero-order chi connectivity index (χ0) is 14.8. The highest BCUT2D eigenvalue weighted by atomic mass is 19.4. The van der Waals surface area contributed by atoms with Crippen molar-refractivity contribution in [2.24, 2.45) is 0 Å². The van der Waals surface area contributed by atoms with Crippen LogP contribution >= 0.6 is 0 Å². The number of anilines is 1. The van der Waals surface area contributed by atoms with Crippen molar-refractivity contribution in [3.8, 4) is 6.07 Å². The van der Waals surface area contributed by atoms with Crippen molar-refractivity contribution in [2.75, 3.05) is 18.1 Å². The molecule has 1 atom stereocenters. The van der Waals surface area contributed by atoms with E-state index in [1.54, 1.807) is 11.0 Å². The standard InChI is InChI=1S/C14H15F3N2O/c15-14(16,17)13-7-11(5-4-10(13)8-18)19-6-2-1-3-12(19)9-20/h4-5,7,12,20H,1-3,6,9H2/t12-/m1/s1. The Bertz CT molecular complexity index is 522. The Morgan fingerprint density at radius 2 is 2.10 bits per heavy atom. The van der Waals surface area contributed by atoms with Gasteiger partial charge in [-0.1, -0.05) is 0 Å². The summed E-state index contributed by atoms with van der Waals surface area (Å²) < 4.78 is 38.8. The van der Waals surface area contributed by atoms with E-state index in [1.807, 2.05) is 0 Å². The Hall–Kier alpha value is -1.74. The summed E-state index contributed by atoms with van der Waals surface area (Å²) in [4.78, 5) is 1.79. The molecule has 1 aliphatic rings. The molecule has 3 nitrogen and oxygen atoms in total. The Balaban J connectivity index is 2.40.